The highest BCUT2D eigenvalue weighted by Gasteiger charge is 2.33. The molecule has 1 aliphatic heterocycles. The molecule has 198 valence electrons. The Hall–Kier alpha value is -4.23. The number of aromatic nitrogens is 1. The standard InChI is InChI=1S/C32H30N2O4S/c1-5-37-31(36)28-22(4)33-32-34(29(28)25-13-9-20(2)10-14-25)30(35)27(39-32)18-23-11-15-26(16-12-23)38-19-24-8-6-7-21(3)17-24/h6-18,29H,5,19H2,1-4H3/b27-18+/t29-/m0/s1. The number of carbonyl (C=O) groups excluding carboxylic acids is 1. The van der Waals surface area contributed by atoms with Crippen molar-refractivity contribution >= 4 is 23.4 Å². The van der Waals surface area contributed by atoms with Crippen LogP contribution < -0.4 is 19.6 Å². The van der Waals surface area contributed by atoms with Crippen LogP contribution in [0.1, 0.15) is 47.7 Å². The maximum atomic E-state index is 13.7. The van der Waals surface area contributed by atoms with Crippen molar-refractivity contribution in [1.29, 1.82) is 0 Å². The number of carbonyl (C=O) groups is 1. The van der Waals surface area contributed by atoms with Crippen molar-refractivity contribution in [3.05, 3.63) is 132 Å². The Morgan fingerprint density at radius 2 is 1.74 bits per heavy atom. The van der Waals surface area contributed by atoms with Crippen molar-refractivity contribution in [1.82, 2.24) is 4.57 Å². The molecule has 0 aliphatic carbocycles. The summed E-state index contributed by atoms with van der Waals surface area (Å²) >= 11 is 1.31. The van der Waals surface area contributed by atoms with Gasteiger partial charge in [0.1, 0.15) is 12.4 Å². The van der Waals surface area contributed by atoms with E-state index in [1.54, 1.807) is 18.4 Å². The second kappa shape index (κ2) is 11.3. The molecule has 1 atom stereocenters. The molecule has 3 aromatic carbocycles. The molecule has 0 saturated carbocycles. The Balaban J connectivity index is 1.49. The lowest BCUT2D eigenvalue weighted by atomic mass is 9.95. The summed E-state index contributed by atoms with van der Waals surface area (Å²) in [7, 11) is 0. The number of hydrogen-bond donors (Lipinski definition) is 0. The van der Waals surface area contributed by atoms with Gasteiger partial charge in [-0.2, -0.15) is 0 Å². The molecule has 2 heterocycles. The predicted octanol–water partition coefficient (Wildman–Crippen LogP) is 4.99. The van der Waals surface area contributed by atoms with Crippen LogP contribution in [-0.2, 0) is 16.1 Å². The number of hydrogen-bond acceptors (Lipinski definition) is 6. The van der Waals surface area contributed by atoms with E-state index in [0.29, 0.717) is 27.2 Å². The van der Waals surface area contributed by atoms with Gasteiger partial charge in [-0.05, 0) is 62.6 Å². The summed E-state index contributed by atoms with van der Waals surface area (Å²) < 4.78 is 13.4. The topological polar surface area (TPSA) is 69.9 Å². The molecule has 0 N–H and O–H groups in total. The second-order valence-electron chi connectivity index (χ2n) is 9.56. The lowest BCUT2D eigenvalue weighted by Crippen LogP contribution is -2.39. The van der Waals surface area contributed by atoms with Gasteiger partial charge in [0.15, 0.2) is 4.80 Å². The van der Waals surface area contributed by atoms with Gasteiger partial charge in [0.25, 0.3) is 5.56 Å². The van der Waals surface area contributed by atoms with Crippen LogP contribution in [0.15, 0.2) is 93.9 Å². The van der Waals surface area contributed by atoms with Crippen LogP contribution in [-0.4, -0.2) is 17.1 Å². The molecule has 0 saturated heterocycles. The van der Waals surface area contributed by atoms with Crippen LogP contribution in [0.4, 0.5) is 0 Å². The zero-order valence-corrected chi connectivity index (χ0v) is 23.2. The van der Waals surface area contributed by atoms with Gasteiger partial charge in [-0.25, -0.2) is 9.79 Å². The minimum atomic E-state index is -0.611. The van der Waals surface area contributed by atoms with Gasteiger partial charge in [0, 0.05) is 0 Å². The van der Waals surface area contributed by atoms with E-state index in [1.165, 1.54) is 16.9 Å². The van der Waals surface area contributed by atoms with Crippen LogP contribution in [0.2, 0.25) is 0 Å². The van der Waals surface area contributed by atoms with Crippen LogP contribution in [0.25, 0.3) is 6.08 Å². The molecule has 0 radical (unpaired) electrons. The third-order valence-electron chi connectivity index (χ3n) is 6.58. The highest BCUT2D eigenvalue weighted by molar-refractivity contribution is 7.07. The van der Waals surface area contributed by atoms with Crippen molar-refractivity contribution < 1.29 is 14.3 Å². The average molecular weight is 539 g/mol. The van der Waals surface area contributed by atoms with E-state index in [9.17, 15) is 9.59 Å². The Morgan fingerprint density at radius 3 is 2.44 bits per heavy atom. The normalized spacial score (nSPS) is 15.1. The van der Waals surface area contributed by atoms with E-state index in [4.69, 9.17) is 9.47 Å². The van der Waals surface area contributed by atoms with Crippen LogP contribution in [0, 0.1) is 13.8 Å². The largest absolute Gasteiger partial charge is 0.489 e. The number of esters is 1. The van der Waals surface area contributed by atoms with Crippen molar-refractivity contribution in [3.63, 3.8) is 0 Å². The average Bonchev–Trinajstić information content (AvgIpc) is 3.22. The van der Waals surface area contributed by atoms with Gasteiger partial charge in [-0.15, -0.1) is 0 Å². The van der Waals surface area contributed by atoms with Crippen LogP contribution >= 0.6 is 11.3 Å². The maximum absolute atomic E-state index is 13.7. The highest BCUT2D eigenvalue weighted by atomic mass is 32.1. The molecule has 4 aromatic rings. The number of allylic oxidation sites excluding steroid dienone is 1. The molecule has 39 heavy (non-hydrogen) atoms. The summed E-state index contributed by atoms with van der Waals surface area (Å²) in [5, 5.41) is 0. The molecule has 6 nitrogen and oxygen atoms in total. The first-order valence-electron chi connectivity index (χ1n) is 12.9. The molecular weight excluding hydrogens is 508 g/mol. The number of benzene rings is 3. The number of nitrogens with zero attached hydrogens (tertiary/aromatic N) is 2. The first-order valence-corrected chi connectivity index (χ1v) is 13.7. The van der Waals surface area contributed by atoms with E-state index in [0.717, 1.165) is 28.0 Å². The van der Waals surface area contributed by atoms with Gasteiger partial charge in [0.05, 0.1) is 28.5 Å². The van der Waals surface area contributed by atoms with E-state index in [-0.39, 0.29) is 12.2 Å². The van der Waals surface area contributed by atoms with Crippen LogP contribution in [0.5, 0.6) is 5.75 Å². The monoisotopic (exact) mass is 538 g/mol. The second-order valence-corrected chi connectivity index (χ2v) is 10.6. The molecule has 1 aliphatic rings. The van der Waals surface area contributed by atoms with Crippen molar-refractivity contribution in [2.45, 2.75) is 40.3 Å². The number of thiazole rings is 1. The zero-order valence-electron chi connectivity index (χ0n) is 22.4. The third kappa shape index (κ3) is 5.64. The molecule has 7 heteroatoms. The Morgan fingerprint density at radius 1 is 1.00 bits per heavy atom. The zero-order chi connectivity index (χ0) is 27.5. The Kier molecular flexibility index (Phi) is 7.61. The van der Waals surface area contributed by atoms with Crippen LogP contribution in [0.3, 0.4) is 0 Å². The van der Waals surface area contributed by atoms with E-state index >= 15 is 0 Å². The lowest BCUT2D eigenvalue weighted by molar-refractivity contribution is -0.139. The van der Waals surface area contributed by atoms with E-state index in [2.05, 4.69) is 24.0 Å². The quantitative estimate of drug-likeness (QED) is 0.311. The molecule has 0 amide bonds. The minimum absolute atomic E-state index is 0.196. The molecular formula is C32H30N2O4S. The Bertz CT molecular complexity index is 1730. The summed E-state index contributed by atoms with van der Waals surface area (Å²) in [6.07, 6.45) is 1.85. The summed E-state index contributed by atoms with van der Waals surface area (Å²) in [6.45, 7) is 8.35. The summed E-state index contributed by atoms with van der Waals surface area (Å²) in [5.74, 6) is 0.295. The van der Waals surface area contributed by atoms with Crippen molar-refractivity contribution in [2.75, 3.05) is 6.61 Å². The molecule has 0 bridgehead atoms. The van der Waals surface area contributed by atoms with E-state index in [1.807, 2.05) is 73.7 Å². The Labute approximate surface area is 231 Å². The predicted molar refractivity (Wildman–Crippen MR) is 154 cm³/mol. The minimum Gasteiger partial charge on any atom is -0.489 e. The SMILES string of the molecule is CCOC(=O)C1=C(C)N=c2s/c(=C/c3ccc(OCc4cccc(C)c4)cc3)c(=O)n2[C@H]1c1ccc(C)cc1. The van der Waals surface area contributed by atoms with Gasteiger partial charge in [-0.3, -0.25) is 9.36 Å². The van der Waals surface area contributed by atoms with Gasteiger partial charge in [-0.1, -0.05) is 83.1 Å². The van der Waals surface area contributed by atoms with Gasteiger partial charge < -0.3 is 9.47 Å². The molecule has 0 unspecified atom stereocenters. The fourth-order valence-electron chi connectivity index (χ4n) is 4.64. The fraction of sp³-hybridized carbons (Fsp3) is 0.219. The highest BCUT2D eigenvalue weighted by Crippen LogP contribution is 2.30. The van der Waals surface area contributed by atoms with Gasteiger partial charge >= 0.3 is 5.97 Å². The lowest BCUT2D eigenvalue weighted by Gasteiger charge is -2.24. The van der Waals surface area contributed by atoms with Gasteiger partial charge in [0.2, 0.25) is 0 Å². The number of aryl methyl sites for hydroxylation is 2. The third-order valence-corrected chi connectivity index (χ3v) is 7.56. The smallest absolute Gasteiger partial charge is 0.338 e. The molecule has 0 fully saturated rings. The summed E-state index contributed by atoms with van der Waals surface area (Å²) in [6, 6.07) is 23.1. The summed E-state index contributed by atoms with van der Waals surface area (Å²) in [4.78, 5) is 31.9. The number of rotatable bonds is 7. The first kappa shape index (κ1) is 26.4. The number of fused-ring (bicyclic) bond motifs is 1. The first-order chi connectivity index (χ1) is 18.8. The molecule has 0 spiro atoms. The molecule has 1 aromatic heterocycles. The molecule has 5 rings (SSSR count). The maximum Gasteiger partial charge on any atom is 0.338 e. The number of ether oxygens (including phenoxy) is 2. The summed E-state index contributed by atoms with van der Waals surface area (Å²) in [5.41, 5.74) is 5.85. The van der Waals surface area contributed by atoms with Crippen molar-refractivity contribution in [2.24, 2.45) is 4.99 Å². The van der Waals surface area contributed by atoms with E-state index < -0.39 is 12.0 Å². The van der Waals surface area contributed by atoms with Crippen molar-refractivity contribution in [3.8, 4) is 5.75 Å². The fourth-order valence-corrected chi connectivity index (χ4v) is 5.68.